The molecule has 1 heterocycles. The summed E-state index contributed by atoms with van der Waals surface area (Å²) in [6.07, 6.45) is 0.705. The van der Waals surface area contributed by atoms with E-state index in [1.165, 1.54) is 0 Å². The molecule has 1 aliphatic rings. The van der Waals surface area contributed by atoms with Crippen molar-refractivity contribution in [3.8, 4) is 0 Å². The van der Waals surface area contributed by atoms with Crippen LogP contribution in [0.15, 0.2) is 0 Å². The lowest BCUT2D eigenvalue weighted by atomic mass is 9.84. The Hall–Kier alpha value is -0.220. The lowest BCUT2D eigenvalue weighted by Crippen LogP contribution is -2.66. The summed E-state index contributed by atoms with van der Waals surface area (Å²) in [4.78, 5) is 2.03. The summed E-state index contributed by atoms with van der Waals surface area (Å²) in [6.45, 7) is 10.1. The van der Waals surface area contributed by atoms with Gasteiger partial charge in [-0.25, -0.2) is 8.78 Å². The van der Waals surface area contributed by atoms with Gasteiger partial charge < -0.3 is 5.32 Å². The van der Waals surface area contributed by atoms with Gasteiger partial charge in [0.05, 0.1) is 6.54 Å². The number of hydrogen-bond acceptors (Lipinski definition) is 2. The molecule has 1 saturated heterocycles. The van der Waals surface area contributed by atoms with Crippen LogP contribution in [0.2, 0.25) is 0 Å². The average molecular weight is 262 g/mol. The van der Waals surface area contributed by atoms with E-state index in [9.17, 15) is 8.78 Å². The van der Waals surface area contributed by atoms with Crippen LogP contribution in [0.3, 0.4) is 0 Å². The van der Waals surface area contributed by atoms with Gasteiger partial charge in [0.15, 0.2) is 0 Å². The fourth-order valence-corrected chi connectivity index (χ4v) is 2.98. The summed E-state index contributed by atoms with van der Waals surface area (Å²) in [7, 11) is 0. The minimum Gasteiger partial charge on any atom is -0.311 e. The van der Waals surface area contributed by atoms with Gasteiger partial charge in [-0.15, -0.1) is 0 Å². The van der Waals surface area contributed by atoms with Gasteiger partial charge in [-0.05, 0) is 18.8 Å². The largest absolute Gasteiger partial charge is 0.311 e. The molecule has 4 heteroatoms. The molecule has 1 aliphatic heterocycles. The number of rotatable bonds is 6. The monoisotopic (exact) mass is 262 g/mol. The van der Waals surface area contributed by atoms with Crippen molar-refractivity contribution in [2.75, 3.05) is 19.6 Å². The molecule has 0 amide bonds. The summed E-state index contributed by atoms with van der Waals surface area (Å²) in [5.41, 5.74) is -0.0829. The van der Waals surface area contributed by atoms with E-state index >= 15 is 0 Å². The topological polar surface area (TPSA) is 15.3 Å². The lowest BCUT2D eigenvalue weighted by Gasteiger charge is -2.50. The Kier molecular flexibility index (Phi) is 5.99. The van der Waals surface area contributed by atoms with Gasteiger partial charge in [0.1, 0.15) is 0 Å². The number of nitrogens with zero attached hydrogens (tertiary/aromatic N) is 1. The highest BCUT2D eigenvalue weighted by Crippen LogP contribution is 2.29. The minimum atomic E-state index is -2.24. The molecule has 2 unspecified atom stereocenters. The molecule has 0 aromatic heterocycles. The van der Waals surface area contributed by atoms with Gasteiger partial charge in [-0.2, -0.15) is 0 Å². The van der Waals surface area contributed by atoms with E-state index in [2.05, 4.69) is 33.0 Å². The number of nitrogens with one attached hydrogen (secondary N) is 1. The van der Waals surface area contributed by atoms with Crippen LogP contribution in [0.4, 0.5) is 8.78 Å². The molecule has 108 valence electrons. The van der Waals surface area contributed by atoms with Gasteiger partial charge in [0.2, 0.25) is 0 Å². The lowest BCUT2D eigenvalue weighted by molar-refractivity contribution is -0.0216. The Morgan fingerprint density at radius 1 is 1.28 bits per heavy atom. The maximum Gasteiger partial charge on any atom is 0.251 e. The van der Waals surface area contributed by atoms with Crippen LogP contribution < -0.4 is 5.32 Å². The maximum absolute atomic E-state index is 12.8. The third-order valence-corrected chi connectivity index (χ3v) is 4.79. The highest BCUT2D eigenvalue weighted by atomic mass is 19.3. The van der Waals surface area contributed by atoms with Gasteiger partial charge >= 0.3 is 0 Å². The van der Waals surface area contributed by atoms with Crippen molar-refractivity contribution >= 4 is 0 Å². The molecule has 0 spiro atoms. The normalized spacial score (nSPS) is 26.5. The van der Waals surface area contributed by atoms with Gasteiger partial charge in [0, 0.05) is 24.7 Å². The number of halogens is 2. The van der Waals surface area contributed by atoms with Crippen molar-refractivity contribution in [1.82, 2.24) is 10.2 Å². The van der Waals surface area contributed by atoms with Crippen molar-refractivity contribution in [3.05, 3.63) is 0 Å². The van der Waals surface area contributed by atoms with Crippen LogP contribution in [0.25, 0.3) is 0 Å². The molecule has 0 aromatic carbocycles. The van der Waals surface area contributed by atoms with E-state index in [-0.39, 0.29) is 12.1 Å². The van der Waals surface area contributed by atoms with Crippen LogP contribution in [-0.4, -0.2) is 42.5 Å². The molecular weight excluding hydrogens is 234 g/mol. The SMILES string of the molecule is CCC(C)C1CN(CC(F)F)C(CC)(CC)CN1. The van der Waals surface area contributed by atoms with Crippen LogP contribution in [0.5, 0.6) is 0 Å². The fraction of sp³-hybridized carbons (Fsp3) is 1.00. The fourth-order valence-electron chi connectivity index (χ4n) is 2.98. The van der Waals surface area contributed by atoms with E-state index in [0.717, 1.165) is 32.4 Å². The van der Waals surface area contributed by atoms with Crippen LogP contribution >= 0.6 is 0 Å². The molecule has 0 aromatic rings. The predicted octanol–water partition coefficient (Wildman–Crippen LogP) is 3.13. The second kappa shape index (κ2) is 6.80. The first-order valence-electron chi connectivity index (χ1n) is 7.25. The predicted molar refractivity (Wildman–Crippen MR) is 72.1 cm³/mol. The van der Waals surface area contributed by atoms with E-state index in [4.69, 9.17) is 0 Å². The molecular formula is C14H28F2N2. The molecule has 0 bridgehead atoms. The van der Waals surface area contributed by atoms with Crippen LogP contribution in [-0.2, 0) is 0 Å². The number of hydrogen-bond donors (Lipinski definition) is 1. The number of alkyl halides is 2. The Bertz CT molecular complexity index is 242. The zero-order valence-electron chi connectivity index (χ0n) is 12.2. The van der Waals surface area contributed by atoms with Crippen molar-refractivity contribution in [2.45, 2.75) is 65.0 Å². The first kappa shape index (κ1) is 15.8. The van der Waals surface area contributed by atoms with Crippen molar-refractivity contribution in [1.29, 1.82) is 0 Å². The molecule has 18 heavy (non-hydrogen) atoms. The summed E-state index contributed by atoms with van der Waals surface area (Å²) >= 11 is 0. The Morgan fingerprint density at radius 3 is 2.33 bits per heavy atom. The standard InChI is InChI=1S/C14H28F2N2/c1-5-11(4)12-8-18(9-13(15)16)14(6-2,7-3)10-17-12/h11-13,17H,5-10H2,1-4H3. The Labute approximate surface area is 110 Å². The van der Waals surface area contributed by atoms with Crippen molar-refractivity contribution < 1.29 is 8.78 Å². The molecule has 0 aliphatic carbocycles. The smallest absolute Gasteiger partial charge is 0.251 e. The van der Waals surface area contributed by atoms with Crippen molar-refractivity contribution in [2.24, 2.45) is 5.92 Å². The third kappa shape index (κ3) is 3.41. The molecule has 1 N–H and O–H groups in total. The van der Waals surface area contributed by atoms with E-state index in [1.807, 2.05) is 4.90 Å². The molecule has 0 radical (unpaired) electrons. The van der Waals surface area contributed by atoms with Crippen molar-refractivity contribution in [3.63, 3.8) is 0 Å². The quantitative estimate of drug-likeness (QED) is 0.791. The zero-order chi connectivity index (χ0) is 13.8. The van der Waals surface area contributed by atoms with E-state index in [1.54, 1.807) is 0 Å². The molecule has 1 fully saturated rings. The summed E-state index contributed by atoms with van der Waals surface area (Å²) in [6, 6.07) is 0.347. The average Bonchev–Trinajstić information content (AvgIpc) is 2.37. The van der Waals surface area contributed by atoms with E-state index < -0.39 is 6.43 Å². The minimum absolute atomic E-state index is 0.0829. The Balaban J connectivity index is 2.78. The summed E-state index contributed by atoms with van der Waals surface area (Å²) in [5, 5.41) is 3.58. The first-order chi connectivity index (χ1) is 8.49. The van der Waals surface area contributed by atoms with Crippen LogP contribution in [0.1, 0.15) is 47.0 Å². The second-order valence-corrected chi connectivity index (χ2v) is 5.60. The van der Waals surface area contributed by atoms with Crippen LogP contribution in [0, 0.1) is 5.92 Å². The molecule has 2 atom stereocenters. The molecule has 0 saturated carbocycles. The van der Waals surface area contributed by atoms with Gasteiger partial charge in [-0.3, -0.25) is 4.90 Å². The molecule has 2 nitrogen and oxygen atoms in total. The Morgan fingerprint density at radius 2 is 1.89 bits per heavy atom. The van der Waals surface area contributed by atoms with Gasteiger partial charge in [0.25, 0.3) is 6.43 Å². The summed E-state index contributed by atoms with van der Waals surface area (Å²) in [5.74, 6) is 0.539. The second-order valence-electron chi connectivity index (χ2n) is 5.60. The highest BCUT2D eigenvalue weighted by molar-refractivity contribution is 4.98. The first-order valence-corrected chi connectivity index (χ1v) is 7.25. The van der Waals surface area contributed by atoms with E-state index in [0.29, 0.717) is 12.0 Å². The maximum atomic E-state index is 12.8. The zero-order valence-corrected chi connectivity index (χ0v) is 12.2. The number of piperazine rings is 1. The summed E-state index contributed by atoms with van der Waals surface area (Å²) < 4.78 is 25.6. The third-order valence-electron chi connectivity index (χ3n) is 4.79. The molecule has 1 rings (SSSR count). The van der Waals surface area contributed by atoms with Gasteiger partial charge in [-0.1, -0.05) is 34.1 Å². The highest BCUT2D eigenvalue weighted by Gasteiger charge is 2.40.